The highest BCUT2D eigenvalue weighted by atomic mass is 16.8. The number of esters is 3. The van der Waals surface area contributed by atoms with E-state index in [0.29, 0.717) is 51.4 Å². The van der Waals surface area contributed by atoms with Crippen LogP contribution < -0.4 is 0 Å². The monoisotopic (exact) mass is 1940 g/mol. The Hall–Kier alpha value is -3.66. The van der Waals surface area contributed by atoms with Gasteiger partial charge in [-0.1, -0.05) is 93.7 Å². The van der Waals surface area contributed by atoms with Crippen LogP contribution in [0.3, 0.4) is 0 Å². The fourth-order valence-corrected chi connectivity index (χ4v) is 23.9. The van der Waals surface area contributed by atoms with E-state index in [0.717, 1.165) is 11.9 Å². The van der Waals surface area contributed by atoms with Crippen molar-refractivity contribution >= 4 is 24.2 Å². The maximum atomic E-state index is 16.3. The van der Waals surface area contributed by atoms with Crippen molar-refractivity contribution in [1.82, 2.24) is 0 Å². The third-order valence-electron chi connectivity index (χ3n) is 33.0. The molecule has 8 heterocycles. The Bertz CT molecular complexity index is 3970. The molecular formula is C91H148O44. The minimum Gasteiger partial charge on any atom is -0.462 e. The van der Waals surface area contributed by atoms with E-state index in [4.69, 9.17) is 85.3 Å². The molecule has 8 aliphatic heterocycles. The lowest BCUT2D eigenvalue weighted by Gasteiger charge is -2.71. The summed E-state index contributed by atoms with van der Waals surface area (Å²) in [5.41, 5.74) is -7.16. The fraction of sp³-hybridized carbons (Fsp3) is 0.934. The Balaban J connectivity index is 0.740. The molecule has 0 aromatic heterocycles. The molecule has 22 N–H and O–H groups in total. The standard InChI is InChI=1S/C91H148O44/c1-13-38(3)49(125-57(102)25-43(97)24-50(39(4)14-2)135-91(117)37-121-52(30-93)74(91)113)23-42(96)26-58(103)128-69-41(6)124-81(72(66(69)111)132-78-65(110)62(107)68(40(5)123-78)129-77-67(112)70(47(99)32-119-77)130-82-75(114)89(116,35-95)36-122-82)134-83(115)90-22-21-84(7,8)27-45(90)44-15-16-54-85(9)19-18-56(86(10,34-94)53(85)17-20-87(54,11)88(44,12)28-55(90)101)127-80-73(133-79-64(109)61(106)60(105)51(29-92)126-79)71(48(100)33-120-80)131-76-63(108)59(104)46(98)31-118-76/h15,34,38-43,45-56,59-82,92-93,95-101,104-114,116-117H,13-14,16-33,35-37H2,1-12H3/t38-,39-,40?,41?,42-,43-,45?,46+,47+,48+,49-,50-,51?,52+,53+,54?,55?,56-,59-,60-,61-,62?,63?,64?,65?,66?,67?,68-,69-,70?,71-,72?,73?,74?,75?,76-,77-,78-,79-,80-,81-,82-,85?,86+,87-,88+,89-,90+,91?/m0/s1. The van der Waals surface area contributed by atoms with Crippen LogP contribution in [0.2, 0.25) is 0 Å². The van der Waals surface area contributed by atoms with Gasteiger partial charge in [-0.05, 0) is 123 Å². The zero-order valence-corrected chi connectivity index (χ0v) is 78.5. The number of fused-ring (bicyclic) bond motifs is 7. The van der Waals surface area contributed by atoms with Crippen LogP contribution in [0.15, 0.2) is 11.6 Å². The van der Waals surface area contributed by atoms with Crippen molar-refractivity contribution in [2.45, 2.75) is 418 Å². The predicted molar refractivity (Wildman–Crippen MR) is 451 cm³/mol. The molecule has 0 radical (unpaired) electrons. The molecule has 13 rings (SSSR count). The van der Waals surface area contributed by atoms with Crippen molar-refractivity contribution in [2.24, 2.45) is 62.1 Å². The Labute approximate surface area is 782 Å². The number of aliphatic hydroxyl groups is 22. The minimum atomic E-state index is -2.23. The van der Waals surface area contributed by atoms with E-state index in [2.05, 4.69) is 40.7 Å². The first-order valence-electron chi connectivity index (χ1n) is 47.7. The number of carbonyl (C=O) groups excluding carboxylic acids is 4. The summed E-state index contributed by atoms with van der Waals surface area (Å²) in [6.07, 6.45) is -57.4. The molecule has 4 saturated carbocycles. The number of aldehydes is 1. The Kier molecular flexibility index (Phi) is 34.5. The van der Waals surface area contributed by atoms with Crippen LogP contribution in [0.25, 0.3) is 0 Å². The van der Waals surface area contributed by atoms with Gasteiger partial charge in [0.25, 0.3) is 0 Å². The molecule has 0 bridgehead atoms. The maximum Gasteiger partial charge on any atom is 0.317 e. The zero-order valence-electron chi connectivity index (χ0n) is 78.5. The quantitative estimate of drug-likeness (QED) is 0.00715. The van der Waals surface area contributed by atoms with E-state index in [9.17, 15) is 127 Å². The first-order valence-corrected chi connectivity index (χ1v) is 47.7. The summed E-state index contributed by atoms with van der Waals surface area (Å²) < 4.78 is 109. The van der Waals surface area contributed by atoms with E-state index in [1.807, 2.05) is 6.92 Å². The van der Waals surface area contributed by atoms with Crippen LogP contribution in [0.4, 0.5) is 0 Å². The number of ether oxygens (including phenoxy) is 18. The van der Waals surface area contributed by atoms with Gasteiger partial charge in [-0.25, -0.2) is 0 Å². The first-order chi connectivity index (χ1) is 63.4. The largest absolute Gasteiger partial charge is 0.462 e. The molecule has 12 fully saturated rings. The Morgan fingerprint density at radius 1 is 0.504 bits per heavy atom. The van der Waals surface area contributed by atoms with E-state index >= 15 is 4.79 Å². The molecule has 0 amide bonds. The number of rotatable bonds is 34. The Morgan fingerprint density at radius 3 is 1.70 bits per heavy atom. The fourth-order valence-electron chi connectivity index (χ4n) is 23.9. The Morgan fingerprint density at radius 2 is 1.07 bits per heavy atom. The van der Waals surface area contributed by atoms with Crippen molar-refractivity contribution in [3.05, 3.63) is 11.6 Å². The van der Waals surface area contributed by atoms with Gasteiger partial charge in [0.05, 0.1) is 107 Å². The number of aliphatic hydroxyl groups excluding tert-OH is 20. The summed E-state index contributed by atoms with van der Waals surface area (Å²) in [5.74, 6) is -7.47. The molecule has 8 saturated heterocycles. The molecule has 5 aliphatic carbocycles. The van der Waals surface area contributed by atoms with Crippen LogP contribution in [-0.4, -0.2) is 428 Å². The number of hydrogen-bond donors (Lipinski definition) is 22. The van der Waals surface area contributed by atoms with Gasteiger partial charge in [0.15, 0.2) is 49.9 Å². The lowest BCUT2D eigenvalue weighted by molar-refractivity contribution is -0.384. The molecule has 13 aliphatic rings. The van der Waals surface area contributed by atoms with Gasteiger partial charge in [0, 0.05) is 12.8 Å². The van der Waals surface area contributed by atoms with Gasteiger partial charge in [0.1, 0.15) is 152 Å². The topological polar surface area (TPSA) is 679 Å². The van der Waals surface area contributed by atoms with Gasteiger partial charge in [0.2, 0.25) is 12.1 Å². The molecule has 0 spiro atoms. The van der Waals surface area contributed by atoms with Crippen molar-refractivity contribution in [2.75, 3.05) is 52.9 Å². The smallest absolute Gasteiger partial charge is 0.317 e. The summed E-state index contributed by atoms with van der Waals surface area (Å²) in [4.78, 5) is 58.8. The average molecular weight is 1950 g/mol. The second-order valence-corrected chi connectivity index (χ2v) is 42.2. The summed E-state index contributed by atoms with van der Waals surface area (Å²) in [5, 5.41) is 246. The molecular weight excluding hydrogens is 1800 g/mol. The van der Waals surface area contributed by atoms with Crippen LogP contribution >= 0.6 is 0 Å². The third-order valence-corrected chi connectivity index (χ3v) is 33.0. The van der Waals surface area contributed by atoms with Crippen LogP contribution in [0, 0.1) is 62.1 Å². The average Bonchev–Trinajstić information content (AvgIpc) is 1.24. The molecule has 49 atom stereocenters. The molecule has 776 valence electrons. The normalized spacial score (nSPS) is 49.0. The summed E-state index contributed by atoms with van der Waals surface area (Å²) in [6, 6.07) is 0. The van der Waals surface area contributed by atoms with Crippen LogP contribution in [-0.2, 0) is 104 Å². The first kappa shape index (κ1) is 109. The summed E-state index contributed by atoms with van der Waals surface area (Å²) in [7, 11) is 0. The highest BCUT2D eigenvalue weighted by Gasteiger charge is 2.74. The highest BCUT2D eigenvalue weighted by Crippen LogP contribution is 2.76. The van der Waals surface area contributed by atoms with Crippen molar-refractivity contribution in [3.8, 4) is 0 Å². The van der Waals surface area contributed by atoms with E-state index in [-0.39, 0.29) is 43.9 Å². The molecule has 44 heteroatoms. The van der Waals surface area contributed by atoms with Gasteiger partial charge in [-0.3, -0.25) is 14.4 Å². The molecule has 0 aromatic carbocycles. The minimum absolute atomic E-state index is 0.00967. The van der Waals surface area contributed by atoms with Crippen LogP contribution in [0.1, 0.15) is 179 Å². The van der Waals surface area contributed by atoms with E-state index in [1.165, 1.54) is 13.8 Å². The second-order valence-electron chi connectivity index (χ2n) is 42.2. The molecule has 0 aromatic rings. The van der Waals surface area contributed by atoms with Gasteiger partial charge >= 0.3 is 17.9 Å². The van der Waals surface area contributed by atoms with Gasteiger partial charge < -0.3 is 202 Å². The molecule has 135 heavy (non-hydrogen) atoms. The number of allylic oxidation sites excluding steroid dienone is 2. The van der Waals surface area contributed by atoms with Crippen molar-refractivity contribution < 1.29 is 217 Å². The molecule has 44 nitrogen and oxygen atoms in total. The highest BCUT2D eigenvalue weighted by molar-refractivity contribution is 5.80. The van der Waals surface area contributed by atoms with Crippen molar-refractivity contribution in [3.63, 3.8) is 0 Å². The maximum absolute atomic E-state index is 16.3. The van der Waals surface area contributed by atoms with Gasteiger partial charge in [-0.15, -0.1) is 0 Å². The second kappa shape index (κ2) is 42.9. The van der Waals surface area contributed by atoms with Gasteiger partial charge in [-0.2, -0.15) is 0 Å². The van der Waals surface area contributed by atoms with E-state index in [1.54, 1.807) is 27.7 Å². The predicted octanol–water partition coefficient (Wildman–Crippen LogP) is -5.14. The zero-order chi connectivity index (χ0) is 99.0. The molecule has 19 unspecified atom stereocenters. The lowest BCUT2D eigenvalue weighted by Crippen LogP contribution is -2.69. The third kappa shape index (κ3) is 21.1. The number of hydrogen-bond acceptors (Lipinski definition) is 44. The lowest BCUT2D eigenvalue weighted by atomic mass is 9.33. The number of carbonyl (C=O) groups is 4. The summed E-state index contributed by atoms with van der Waals surface area (Å²) in [6.45, 7) is 17.1. The van der Waals surface area contributed by atoms with Crippen LogP contribution in [0.5, 0.6) is 0 Å². The SMILES string of the molecule is CC[C@H](C)[C@H](C[C@H](O)CC(=O)O[C@H]1C(C)O[C@@H](OC(=O)[C@]23CCC(C)(C)CC2C2=CCC4C5(C)CC[C@H](O[C@@H]6OC[C@@H](O)[C@H](O[C@@H]7OC[C@@H](O)[C@H](O)C7O)C6O[C@@H]6OC(CO)[C@H](O)[C@H](O)C6O)[C@](C)(C=O)[C@@H]5CC[C@]4(C)[C@]2(C)CC3O)C(O[C@@H]2OC(C)[C@H](O[C@@H]3OC[C@@H](O)C(O[C@@H]4OC[C@@](O)(CO)C4O)C3O)C(O)C2O)C1O)OC(=O)C[C@@H](O)C[C@H](OC1(O)CO[C@H](CO)C1O)[C@@H](C)CC. The summed E-state index contributed by atoms with van der Waals surface area (Å²) >= 11 is 0. The van der Waals surface area contributed by atoms with E-state index < -0.39 is 372 Å². The van der Waals surface area contributed by atoms with Crippen molar-refractivity contribution in [1.29, 1.82) is 0 Å².